The molecular formula is C14H14N2O2. The number of rotatable bonds is 3. The number of carbonyl (C=O) groups is 1. The summed E-state index contributed by atoms with van der Waals surface area (Å²) in [4.78, 5) is 16.2. The summed E-state index contributed by atoms with van der Waals surface area (Å²) in [6.45, 7) is 1.26. The molecule has 1 fully saturated rings. The molecule has 0 spiro atoms. The first-order chi connectivity index (χ1) is 8.83. The molecule has 1 N–H and O–H groups in total. The molecule has 1 aromatic heterocycles. The van der Waals surface area contributed by atoms with E-state index in [2.05, 4.69) is 10.3 Å². The Morgan fingerprint density at radius 3 is 3.00 bits per heavy atom. The highest BCUT2D eigenvalue weighted by Gasteiger charge is 2.20. The summed E-state index contributed by atoms with van der Waals surface area (Å²) in [5, 5.41) is 3.99. The fourth-order valence-corrected chi connectivity index (χ4v) is 2.09. The van der Waals surface area contributed by atoms with Crippen LogP contribution in [0.1, 0.15) is 5.56 Å². The van der Waals surface area contributed by atoms with Crippen LogP contribution in [-0.2, 0) is 16.0 Å². The second kappa shape index (κ2) is 4.74. The quantitative estimate of drug-likeness (QED) is 0.882. The molecule has 0 aliphatic carbocycles. The average molecular weight is 242 g/mol. The second-order valence-corrected chi connectivity index (χ2v) is 4.47. The van der Waals surface area contributed by atoms with Gasteiger partial charge in [-0.3, -0.25) is 9.78 Å². The minimum Gasteiger partial charge on any atom is -0.377 e. The Morgan fingerprint density at radius 2 is 2.22 bits per heavy atom. The third kappa shape index (κ3) is 2.19. The van der Waals surface area contributed by atoms with Crippen molar-refractivity contribution in [1.29, 1.82) is 0 Å². The summed E-state index contributed by atoms with van der Waals surface area (Å²) in [5.41, 5.74) is 1.94. The molecule has 0 atom stereocenters. The number of hydrogen-bond donors (Lipinski definition) is 1. The van der Waals surface area contributed by atoms with Gasteiger partial charge in [0.1, 0.15) is 0 Å². The van der Waals surface area contributed by atoms with E-state index in [0.29, 0.717) is 19.6 Å². The molecule has 1 amide bonds. The Balaban J connectivity index is 1.79. The lowest BCUT2D eigenvalue weighted by molar-refractivity contribution is -0.124. The van der Waals surface area contributed by atoms with Gasteiger partial charge in [-0.25, -0.2) is 0 Å². The Hall–Kier alpha value is -1.94. The maximum Gasteiger partial charge on any atom is 0.224 e. The molecule has 0 bridgehead atoms. The van der Waals surface area contributed by atoms with Crippen LogP contribution in [0.15, 0.2) is 36.5 Å². The van der Waals surface area contributed by atoms with Gasteiger partial charge in [0, 0.05) is 11.6 Å². The average Bonchev–Trinajstić information content (AvgIpc) is 2.34. The van der Waals surface area contributed by atoms with Crippen molar-refractivity contribution in [3.8, 4) is 0 Å². The predicted octanol–water partition coefficient (Wildman–Crippen LogP) is 1.29. The molecule has 92 valence electrons. The van der Waals surface area contributed by atoms with Crippen molar-refractivity contribution in [2.45, 2.75) is 12.5 Å². The number of fused-ring (bicyclic) bond motifs is 1. The zero-order valence-corrected chi connectivity index (χ0v) is 9.93. The topological polar surface area (TPSA) is 51.2 Å². The number of hydrogen-bond acceptors (Lipinski definition) is 3. The molecule has 0 unspecified atom stereocenters. The Bertz CT molecular complexity index is 574. The molecule has 3 rings (SSSR count). The Labute approximate surface area is 105 Å². The first kappa shape index (κ1) is 11.2. The van der Waals surface area contributed by atoms with Gasteiger partial charge in [0.15, 0.2) is 0 Å². The summed E-state index contributed by atoms with van der Waals surface area (Å²) >= 11 is 0. The maximum absolute atomic E-state index is 11.9. The number of nitrogens with one attached hydrogen (secondary N) is 1. The summed E-state index contributed by atoms with van der Waals surface area (Å²) in [7, 11) is 0. The third-order valence-electron chi connectivity index (χ3n) is 3.09. The van der Waals surface area contributed by atoms with Crippen molar-refractivity contribution >= 4 is 16.8 Å². The van der Waals surface area contributed by atoms with E-state index >= 15 is 0 Å². The lowest BCUT2D eigenvalue weighted by atomic mass is 10.0. The number of nitrogens with zero attached hydrogens (tertiary/aromatic N) is 1. The van der Waals surface area contributed by atoms with Gasteiger partial charge < -0.3 is 10.1 Å². The highest BCUT2D eigenvalue weighted by atomic mass is 16.5. The molecule has 18 heavy (non-hydrogen) atoms. The third-order valence-corrected chi connectivity index (χ3v) is 3.09. The molecule has 1 aliphatic heterocycles. The van der Waals surface area contributed by atoms with Gasteiger partial charge >= 0.3 is 0 Å². The monoisotopic (exact) mass is 242 g/mol. The number of pyridine rings is 1. The van der Waals surface area contributed by atoms with Gasteiger partial charge in [-0.05, 0) is 17.7 Å². The maximum atomic E-state index is 11.9. The standard InChI is InChI=1S/C14H14N2O2/c17-14(16-11-8-18-9-11)7-10-3-1-5-13-12(10)4-2-6-15-13/h1-6,11H,7-9H2,(H,16,17). The van der Waals surface area contributed by atoms with Gasteiger partial charge in [-0.1, -0.05) is 18.2 Å². The van der Waals surface area contributed by atoms with Gasteiger partial charge in [0.05, 0.1) is 31.2 Å². The Kier molecular flexibility index (Phi) is 2.94. The zero-order valence-electron chi connectivity index (χ0n) is 9.93. The molecule has 1 aromatic carbocycles. The number of amides is 1. The van der Waals surface area contributed by atoms with E-state index < -0.39 is 0 Å². The molecule has 0 saturated carbocycles. The number of benzene rings is 1. The summed E-state index contributed by atoms with van der Waals surface area (Å²) in [6, 6.07) is 9.94. The van der Waals surface area contributed by atoms with Crippen LogP contribution in [0.25, 0.3) is 10.9 Å². The van der Waals surface area contributed by atoms with Crippen molar-refractivity contribution in [3.05, 3.63) is 42.1 Å². The molecule has 1 aliphatic rings. The number of ether oxygens (including phenoxy) is 1. The minimum absolute atomic E-state index is 0.0413. The number of carbonyl (C=O) groups excluding carboxylic acids is 1. The van der Waals surface area contributed by atoms with Crippen LogP contribution in [0, 0.1) is 0 Å². The van der Waals surface area contributed by atoms with E-state index in [0.717, 1.165) is 16.5 Å². The lowest BCUT2D eigenvalue weighted by Crippen LogP contribution is -2.49. The van der Waals surface area contributed by atoms with E-state index in [4.69, 9.17) is 4.74 Å². The van der Waals surface area contributed by atoms with Crippen LogP contribution in [0.3, 0.4) is 0 Å². The van der Waals surface area contributed by atoms with Gasteiger partial charge in [-0.2, -0.15) is 0 Å². The summed E-state index contributed by atoms with van der Waals surface area (Å²) in [5.74, 6) is 0.0413. The largest absolute Gasteiger partial charge is 0.377 e. The lowest BCUT2D eigenvalue weighted by Gasteiger charge is -2.26. The number of aromatic nitrogens is 1. The van der Waals surface area contributed by atoms with Gasteiger partial charge in [-0.15, -0.1) is 0 Å². The van der Waals surface area contributed by atoms with Crippen LogP contribution in [0.4, 0.5) is 0 Å². The fourth-order valence-electron chi connectivity index (χ4n) is 2.09. The van der Waals surface area contributed by atoms with E-state index in [-0.39, 0.29) is 11.9 Å². The van der Waals surface area contributed by atoms with E-state index in [9.17, 15) is 4.79 Å². The smallest absolute Gasteiger partial charge is 0.224 e. The predicted molar refractivity (Wildman–Crippen MR) is 68.2 cm³/mol. The molecule has 4 nitrogen and oxygen atoms in total. The molecule has 2 heterocycles. The van der Waals surface area contributed by atoms with Gasteiger partial charge in [0.25, 0.3) is 0 Å². The van der Waals surface area contributed by atoms with Crippen LogP contribution in [-0.4, -0.2) is 30.1 Å². The van der Waals surface area contributed by atoms with Crippen LogP contribution in [0.2, 0.25) is 0 Å². The molecule has 2 aromatic rings. The van der Waals surface area contributed by atoms with Crippen LogP contribution >= 0.6 is 0 Å². The van der Waals surface area contributed by atoms with Gasteiger partial charge in [0.2, 0.25) is 5.91 Å². The molecule has 1 saturated heterocycles. The molecule has 4 heteroatoms. The first-order valence-electron chi connectivity index (χ1n) is 6.02. The molecular weight excluding hydrogens is 228 g/mol. The van der Waals surface area contributed by atoms with Crippen molar-refractivity contribution in [2.24, 2.45) is 0 Å². The SMILES string of the molecule is O=C(Cc1cccc2ncccc12)NC1COC1. The van der Waals surface area contributed by atoms with Crippen molar-refractivity contribution < 1.29 is 9.53 Å². The summed E-state index contributed by atoms with van der Waals surface area (Å²) < 4.78 is 5.03. The van der Waals surface area contributed by atoms with Crippen LogP contribution in [0.5, 0.6) is 0 Å². The molecule has 0 radical (unpaired) electrons. The van der Waals surface area contributed by atoms with Crippen LogP contribution < -0.4 is 5.32 Å². The minimum atomic E-state index is 0.0413. The van der Waals surface area contributed by atoms with Crippen molar-refractivity contribution in [3.63, 3.8) is 0 Å². The highest BCUT2D eigenvalue weighted by Crippen LogP contribution is 2.17. The fraction of sp³-hybridized carbons (Fsp3) is 0.286. The zero-order chi connectivity index (χ0) is 12.4. The normalized spacial score (nSPS) is 15.3. The highest BCUT2D eigenvalue weighted by molar-refractivity contribution is 5.88. The van der Waals surface area contributed by atoms with Crippen molar-refractivity contribution in [2.75, 3.05) is 13.2 Å². The van der Waals surface area contributed by atoms with E-state index in [1.54, 1.807) is 6.20 Å². The Morgan fingerprint density at radius 1 is 1.33 bits per heavy atom. The van der Waals surface area contributed by atoms with E-state index in [1.807, 2.05) is 30.3 Å². The second-order valence-electron chi connectivity index (χ2n) is 4.47. The van der Waals surface area contributed by atoms with Crippen molar-refractivity contribution in [1.82, 2.24) is 10.3 Å². The van der Waals surface area contributed by atoms with E-state index in [1.165, 1.54) is 0 Å². The first-order valence-corrected chi connectivity index (χ1v) is 6.02. The summed E-state index contributed by atoms with van der Waals surface area (Å²) in [6.07, 6.45) is 2.15.